The molecule has 1 fully saturated rings. The van der Waals surface area contributed by atoms with Crippen molar-refractivity contribution in [1.29, 1.82) is 0 Å². The van der Waals surface area contributed by atoms with Crippen molar-refractivity contribution in [3.63, 3.8) is 0 Å². The topological polar surface area (TPSA) is 138 Å². The zero-order valence-electron chi connectivity index (χ0n) is 26.9. The van der Waals surface area contributed by atoms with Gasteiger partial charge in [-0.15, -0.1) is 5.10 Å². The number of phenolic OH excluding ortho intramolecular Hbond substituents is 1. The number of aromatic nitrogens is 3. The Balaban J connectivity index is 0.970. The number of ketones is 1. The average molecular weight is 652 g/mol. The van der Waals surface area contributed by atoms with E-state index >= 15 is 0 Å². The van der Waals surface area contributed by atoms with Crippen LogP contribution in [0.25, 0.3) is 6.08 Å². The maximum Gasteiger partial charge on any atom is 0.256 e. The fraction of sp³-hybridized carbons (Fsp3) is 0.306. The van der Waals surface area contributed by atoms with Crippen LogP contribution in [0.5, 0.6) is 28.7 Å². The van der Waals surface area contributed by atoms with E-state index in [9.17, 15) is 14.7 Å². The van der Waals surface area contributed by atoms with Gasteiger partial charge >= 0.3 is 0 Å². The highest BCUT2D eigenvalue weighted by Gasteiger charge is 2.32. The van der Waals surface area contributed by atoms with E-state index in [2.05, 4.69) is 15.3 Å². The number of carbonyl (C=O) groups excluding carboxylic acids is 2. The lowest BCUT2D eigenvalue weighted by Crippen LogP contribution is -2.35. The maximum absolute atomic E-state index is 13.1. The normalized spacial score (nSPS) is 15.2. The van der Waals surface area contributed by atoms with Crippen LogP contribution in [-0.2, 0) is 13.2 Å². The van der Waals surface area contributed by atoms with Crippen molar-refractivity contribution in [3.05, 3.63) is 89.3 Å². The highest BCUT2D eigenvalue weighted by Crippen LogP contribution is 2.38. The molecule has 12 nitrogen and oxygen atoms in total. The Morgan fingerprint density at radius 3 is 2.67 bits per heavy atom. The molecule has 0 unspecified atom stereocenters. The summed E-state index contributed by atoms with van der Waals surface area (Å²) in [6.45, 7) is 2.04. The van der Waals surface area contributed by atoms with E-state index in [1.54, 1.807) is 67.4 Å². The summed E-state index contributed by atoms with van der Waals surface area (Å²) in [5.41, 5.74) is 2.74. The van der Waals surface area contributed by atoms with Crippen LogP contribution < -0.4 is 18.9 Å². The van der Waals surface area contributed by atoms with Crippen LogP contribution in [0.3, 0.4) is 0 Å². The summed E-state index contributed by atoms with van der Waals surface area (Å²) in [5.74, 6) is 1.71. The molecule has 1 amide bonds. The Kier molecular flexibility index (Phi) is 9.99. The number of nitrogens with zero attached hydrogens (tertiary/aromatic N) is 5. The minimum absolute atomic E-state index is 0.0292. The van der Waals surface area contributed by atoms with E-state index in [-0.39, 0.29) is 35.7 Å². The smallest absolute Gasteiger partial charge is 0.256 e. The van der Waals surface area contributed by atoms with Gasteiger partial charge in [0, 0.05) is 25.4 Å². The quantitative estimate of drug-likeness (QED) is 0.104. The van der Waals surface area contributed by atoms with Gasteiger partial charge in [0.15, 0.2) is 28.8 Å². The SMILES string of the molecule is COc1cc(/C=C/C(=O)c2ccccc2O)ccc1OCCCCn1cc(COc2cc3c(cc2OC)C(=O)N2CCC[C@H]2C=N3)nn1. The molecule has 0 radical (unpaired) electrons. The maximum atomic E-state index is 13.1. The number of ether oxygens (including phenoxy) is 4. The number of rotatable bonds is 14. The zero-order chi connectivity index (χ0) is 33.5. The Morgan fingerprint density at radius 2 is 1.83 bits per heavy atom. The number of para-hydroxylation sites is 1. The van der Waals surface area contributed by atoms with Gasteiger partial charge in [0.2, 0.25) is 0 Å². The van der Waals surface area contributed by atoms with E-state index < -0.39 is 0 Å². The molecule has 1 atom stereocenters. The molecule has 6 rings (SSSR count). The molecule has 0 aliphatic carbocycles. The number of hydrogen-bond acceptors (Lipinski definition) is 10. The molecule has 0 saturated carbocycles. The Labute approximate surface area is 278 Å². The van der Waals surface area contributed by atoms with Crippen molar-refractivity contribution < 1.29 is 33.6 Å². The first-order valence-electron chi connectivity index (χ1n) is 15.8. The summed E-state index contributed by atoms with van der Waals surface area (Å²) in [6.07, 6.45) is 10.2. The minimum Gasteiger partial charge on any atom is -0.507 e. The molecule has 2 aliphatic rings. The summed E-state index contributed by atoms with van der Waals surface area (Å²) in [6, 6.07) is 15.3. The predicted octanol–water partition coefficient (Wildman–Crippen LogP) is 5.66. The molecule has 0 spiro atoms. The van der Waals surface area contributed by atoms with Gasteiger partial charge in [0.05, 0.1) is 49.9 Å². The second kappa shape index (κ2) is 14.8. The lowest BCUT2D eigenvalue weighted by Gasteiger charge is -2.20. The minimum atomic E-state index is -0.293. The number of unbranched alkanes of at least 4 members (excludes halogenated alkanes) is 1. The van der Waals surface area contributed by atoms with Crippen LogP contribution in [0.4, 0.5) is 5.69 Å². The van der Waals surface area contributed by atoms with Crippen LogP contribution in [0, 0.1) is 0 Å². The third-order valence-corrected chi connectivity index (χ3v) is 8.24. The third kappa shape index (κ3) is 7.33. The van der Waals surface area contributed by atoms with Crippen molar-refractivity contribution in [1.82, 2.24) is 19.9 Å². The van der Waals surface area contributed by atoms with Gasteiger partial charge in [0.25, 0.3) is 5.91 Å². The largest absolute Gasteiger partial charge is 0.507 e. The molecule has 1 aromatic heterocycles. The zero-order valence-corrected chi connectivity index (χ0v) is 26.9. The van der Waals surface area contributed by atoms with Crippen LogP contribution in [0.1, 0.15) is 57.7 Å². The number of allylic oxidation sites excluding steroid dienone is 1. The van der Waals surface area contributed by atoms with Gasteiger partial charge in [-0.25, -0.2) is 0 Å². The van der Waals surface area contributed by atoms with E-state index in [4.69, 9.17) is 18.9 Å². The summed E-state index contributed by atoms with van der Waals surface area (Å²) in [5, 5.41) is 18.4. The van der Waals surface area contributed by atoms with E-state index in [1.807, 2.05) is 23.4 Å². The molecule has 248 valence electrons. The van der Waals surface area contributed by atoms with Gasteiger partial charge in [-0.1, -0.05) is 29.5 Å². The first-order valence-corrected chi connectivity index (χ1v) is 15.8. The van der Waals surface area contributed by atoms with Crippen molar-refractivity contribution in [2.75, 3.05) is 27.4 Å². The Hall–Kier alpha value is -5.65. The molecular weight excluding hydrogens is 614 g/mol. The molecule has 1 saturated heterocycles. The lowest BCUT2D eigenvalue weighted by atomic mass is 10.1. The summed E-state index contributed by atoms with van der Waals surface area (Å²) in [4.78, 5) is 32.0. The number of aromatic hydroxyl groups is 1. The van der Waals surface area contributed by atoms with Crippen molar-refractivity contribution in [3.8, 4) is 28.7 Å². The molecule has 3 heterocycles. The average Bonchev–Trinajstić information content (AvgIpc) is 3.75. The van der Waals surface area contributed by atoms with Crippen LogP contribution in [0.2, 0.25) is 0 Å². The van der Waals surface area contributed by atoms with Gasteiger partial charge in [-0.3, -0.25) is 19.3 Å². The summed E-state index contributed by atoms with van der Waals surface area (Å²) in [7, 11) is 3.11. The first-order chi connectivity index (χ1) is 23.4. The van der Waals surface area contributed by atoms with E-state index in [0.29, 0.717) is 53.1 Å². The number of aliphatic imine (C=N–C) groups is 1. The van der Waals surface area contributed by atoms with E-state index in [1.165, 1.54) is 12.1 Å². The van der Waals surface area contributed by atoms with Crippen LogP contribution in [-0.4, -0.2) is 76.3 Å². The molecule has 4 aromatic rings. The number of fused-ring (bicyclic) bond motifs is 2. The monoisotopic (exact) mass is 651 g/mol. The number of hydrogen-bond donors (Lipinski definition) is 1. The molecule has 12 heteroatoms. The standard InChI is InChI=1S/C36H37N5O7/c1-45-33-18-24(11-13-31(43)27-9-3-4-10-30(27)42)12-14-32(33)47-17-6-5-15-40-22-25(38-39-40)23-48-35-20-29-28(19-34(35)46-2)36(44)41-16-7-8-26(41)21-37-29/h3-4,9-14,18-22,26,42H,5-8,15-17,23H2,1-2H3/b13-11+/t26-/m0/s1. The molecule has 3 aromatic carbocycles. The van der Waals surface area contributed by atoms with Gasteiger partial charge in [0.1, 0.15) is 18.1 Å². The first kappa shape index (κ1) is 32.3. The Bertz CT molecular complexity index is 1850. The van der Waals surface area contributed by atoms with E-state index in [0.717, 1.165) is 37.8 Å². The highest BCUT2D eigenvalue weighted by atomic mass is 16.5. The number of benzene rings is 3. The number of amides is 1. The third-order valence-electron chi connectivity index (χ3n) is 8.24. The molecular formula is C36H37N5O7. The van der Waals surface area contributed by atoms with Crippen molar-refractivity contribution in [2.45, 2.75) is 44.9 Å². The number of phenols is 1. The van der Waals surface area contributed by atoms with Crippen molar-refractivity contribution in [2.24, 2.45) is 4.99 Å². The fourth-order valence-corrected chi connectivity index (χ4v) is 5.69. The second-order valence-corrected chi connectivity index (χ2v) is 11.4. The second-order valence-electron chi connectivity index (χ2n) is 11.4. The predicted molar refractivity (Wildman–Crippen MR) is 179 cm³/mol. The van der Waals surface area contributed by atoms with Crippen molar-refractivity contribution >= 4 is 29.7 Å². The molecule has 0 bridgehead atoms. The number of aryl methyl sites for hydroxylation is 1. The molecule has 2 aliphatic heterocycles. The number of carbonyl (C=O) groups is 2. The van der Waals surface area contributed by atoms with Gasteiger partial charge in [-0.05, 0) is 67.7 Å². The summed E-state index contributed by atoms with van der Waals surface area (Å²) >= 11 is 0. The summed E-state index contributed by atoms with van der Waals surface area (Å²) < 4.78 is 24.8. The Morgan fingerprint density at radius 1 is 1.00 bits per heavy atom. The lowest BCUT2D eigenvalue weighted by molar-refractivity contribution is 0.0774. The molecule has 1 N–H and O–H groups in total. The molecule has 48 heavy (non-hydrogen) atoms. The van der Waals surface area contributed by atoms with Gasteiger partial charge in [-0.2, -0.15) is 0 Å². The van der Waals surface area contributed by atoms with Gasteiger partial charge < -0.3 is 29.0 Å². The van der Waals surface area contributed by atoms with Crippen LogP contribution in [0.15, 0.2) is 71.9 Å². The highest BCUT2D eigenvalue weighted by molar-refractivity contribution is 6.08. The fourth-order valence-electron chi connectivity index (χ4n) is 5.69. The number of methoxy groups -OCH3 is 2. The van der Waals surface area contributed by atoms with Crippen LogP contribution >= 0.6 is 0 Å².